The molecule has 0 aliphatic rings. The number of carbonyl (C=O) groups excluding carboxylic acids is 1. The fraction of sp³-hybridized carbons (Fsp3) is 0.0667. The quantitative estimate of drug-likeness (QED) is 0.942. The SMILES string of the molecule is N#Cc1cccc(NC(=O)CS(=O)c2ccccc2Cl)c1. The summed E-state index contributed by atoms with van der Waals surface area (Å²) in [6, 6.07) is 15.2. The van der Waals surface area contributed by atoms with Crippen LogP contribution < -0.4 is 5.32 Å². The number of carbonyl (C=O) groups is 1. The molecule has 6 heteroatoms. The molecule has 0 spiro atoms. The van der Waals surface area contributed by atoms with Gasteiger partial charge in [0.15, 0.2) is 0 Å². The van der Waals surface area contributed by atoms with E-state index in [1.807, 2.05) is 6.07 Å². The lowest BCUT2D eigenvalue weighted by Gasteiger charge is -2.06. The van der Waals surface area contributed by atoms with Gasteiger partial charge in [0, 0.05) is 5.69 Å². The molecule has 0 heterocycles. The van der Waals surface area contributed by atoms with Crippen LogP contribution in [0.25, 0.3) is 0 Å². The Hall–Kier alpha value is -2.16. The highest BCUT2D eigenvalue weighted by Gasteiger charge is 2.13. The molecular formula is C15H11ClN2O2S. The smallest absolute Gasteiger partial charge is 0.237 e. The molecule has 0 bridgehead atoms. The van der Waals surface area contributed by atoms with E-state index in [2.05, 4.69) is 5.32 Å². The molecule has 0 saturated heterocycles. The first-order valence-corrected chi connectivity index (χ1v) is 7.73. The van der Waals surface area contributed by atoms with E-state index in [-0.39, 0.29) is 5.75 Å². The number of rotatable bonds is 4. The van der Waals surface area contributed by atoms with Crippen molar-refractivity contribution in [3.8, 4) is 6.07 Å². The minimum absolute atomic E-state index is 0.194. The highest BCUT2D eigenvalue weighted by molar-refractivity contribution is 7.86. The molecule has 2 rings (SSSR count). The van der Waals surface area contributed by atoms with Gasteiger partial charge in [-0.1, -0.05) is 29.8 Å². The van der Waals surface area contributed by atoms with Crippen molar-refractivity contribution >= 4 is 34.0 Å². The van der Waals surface area contributed by atoms with Crippen molar-refractivity contribution in [3.63, 3.8) is 0 Å². The van der Waals surface area contributed by atoms with Gasteiger partial charge in [0.25, 0.3) is 0 Å². The number of hydrogen-bond acceptors (Lipinski definition) is 3. The maximum atomic E-state index is 12.1. The molecule has 4 nitrogen and oxygen atoms in total. The van der Waals surface area contributed by atoms with E-state index in [1.165, 1.54) is 0 Å². The number of amides is 1. The third-order valence-electron chi connectivity index (χ3n) is 2.62. The largest absolute Gasteiger partial charge is 0.325 e. The van der Waals surface area contributed by atoms with Crippen molar-refractivity contribution in [3.05, 3.63) is 59.1 Å². The number of nitrogens with one attached hydrogen (secondary N) is 1. The Morgan fingerprint density at radius 1 is 1.24 bits per heavy atom. The summed E-state index contributed by atoms with van der Waals surface area (Å²) in [5.74, 6) is -0.594. The van der Waals surface area contributed by atoms with Crippen LogP contribution in [0.4, 0.5) is 5.69 Å². The third kappa shape index (κ3) is 4.15. The van der Waals surface area contributed by atoms with Gasteiger partial charge in [-0.2, -0.15) is 5.26 Å². The van der Waals surface area contributed by atoms with Gasteiger partial charge in [-0.25, -0.2) is 0 Å². The molecule has 0 aliphatic heterocycles. The Morgan fingerprint density at radius 2 is 2.00 bits per heavy atom. The second-order valence-corrected chi connectivity index (χ2v) is 5.99. The van der Waals surface area contributed by atoms with Gasteiger partial charge in [0.2, 0.25) is 5.91 Å². The molecule has 1 unspecified atom stereocenters. The van der Waals surface area contributed by atoms with E-state index in [0.29, 0.717) is 21.2 Å². The van der Waals surface area contributed by atoms with E-state index >= 15 is 0 Å². The predicted molar refractivity (Wildman–Crippen MR) is 82.5 cm³/mol. The zero-order chi connectivity index (χ0) is 15.2. The maximum absolute atomic E-state index is 12.1. The molecule has 0 aliphatic carbocycles. The summed E-state index contributed by atoms with van der Waals surface area (Å²) in [5.41, 5.74) is 0.940. The van der Waals surface area contributed by atoms with Crippen LogP contribution in [0, 0.1) is 11.3 Å². The number of anilines is 1. The average molecular weight is 319 g/mol. The molecule has 106 valence electrons. The Balaban J connectivity index is 2.03. The lowest BCUT2D eigenvalue weighted by Crippen LogP contribution is -2.19. The van der Waals surface area contributed by atoms with Gasteiger partial charge in [-0.3, -0.25) is 9.00 Å². The van der Waals surface area contributed by atoms with Crippen LogP contribution in [-0.2, 0) is 15.6 Å². The monoisotopic (exact) mass is 318 g/mol. The van der Waals surface area contributed by atoms with Crippen molar-refractivity contribution in [2.75, 3.05) is 11.1 Å². The van der Waals surface area contributed by atoms with Gasteiger partial charge in [0.05, 0.1) is 32.4 Å². The van der Waals surface area contributed by atoms with Gasteiger partial charge in [0.1, 0.15) is 5.75 Å². The van der Waals surface area contributed by atoms with E-state index in [0.717, 1.165) is 0 Å². The van der Waals surface area contributed by atoms with Crippen LogP contribution >= 0.6 is 11.6 Å². The minimum atomic E-state index is -1.51. The van der Waals surface area contributed by atoms with Gasteiger partial charge >= 0.3 is 0 Å². The van der Waals surface area contributed by atoms with Crippen LogP contribution in [0.15, 0.2) is 53.4 Å². The van der Waals surface area contributed by atoms with Gasteiger partial charge in [-0.05, 0) is 30.3 Å². The molecule has 2 aromatic carbocycles. The summed E-state index contributed by atoms with van der Waals surface area (Å²) in [4.78, 5) is 12.3. The standard InChI is InChI=1S/C15H11ClN2O2S/c16-13-6-1-2-7-14(13)21(20)10-15(19)18-12-5-3-4-11(8-12)9-17/h1-8H,10H2,(H,18,19). The first-order valence-electron chi connectivity index (χ1n) is 6.03. The first-order chi connectivity index (χ1) is 10.1. The Kier molecular flexibility index (Phi) is 5.09. The van der Waals surface area contributed by atoms with Crippen molar-refractivity contribution in [1.82, 2.24) is 0 Å². The zero-order valence-corrected chi connectivity index (χ0v) is 12.4. The van der Waals surface area contributed by atoms with Crippen LogP contribution in [0.1, 0.15) is 5.56 Å². The lowest BCUT2D eigenvalue weighted by atomic mass is 10.2. The molecule has 1 amide bonds. The van der Waals surface area contributed by atoms with Crippen LogP contribution in [0.3, 0.4) is 0 Å². The van der Waals surface area contributed by atoms with Gasteiger partial charge in [-0.15, -0.1) is 0 Å². The molecule has 1 atom stereocenters. The minimum Gasteiger partial charge on any atom is -0.325 e. The summed E-state index contributed by atoms with van der Waals surface area (Å²) >= 11 is 5.94. The number of halogens is 1. The summed E-state index contributed by atoms with van der Waals surface area (Å²) in [5, 5.41) is 11.8. The topological polar surface area (TPSA) is 70.0 Å². The fourth-order valence-electron chi connectivity index (χ4n) is 1.69. The highest BCUT2D eigenvalue weighted by Crippen LogP contribution is 2.19. The first kappa shape index (κ1) is 15.2. The number of nitriles is 1. The summed E-state index contributed by atoms with van der Waals surface area (Å²) < 4.78 is 12.1. The predicted octanol–water partition coefficient (Wildman–Crippen LogP) is 2.96. The second-order valence-electron chi connectivity index (χ2n) is 4.16. The third-order valence-corrected chi connectivity index (χ3v) is 4.43. The van der Waals surface area contributed by atoms with Crippen LogP contribution in [0.5, 0.6) is 0 Å². The summed E-state index contributed by atoms with van der Waals surface area (Å²) in [7, 11) is -1.51. The molecule has 0 fully saturated rings. The second kappa shape index (κ2) is 7.02. The van der Waals surface area contributed by atoms with E-state index in [1.54, 1.807) is 48.5 Å². The van der Waals surface area contributed by atoms with Crippen molar-refractivity contribution in [2.45, 2.75) is 4.90 Å². The normalized spacial score (nSPS) is 11.4. The Bertz CT molecular complexity index is 740. The highest BCUT2D eigenvalue weighted by atomic mass is 35.5. The van der Waals surface area contributed by atoms with E-state index in [9.17, 15) is 9.00 Å². The molecule has 0 aromatic heterocycles. The Labute approximate surface area is 129 Å². The number of benzene rings is 2. The van der Waals surface area contributed by atoms with Crippen molar-refractivity contribution < 1.29 is 9.00 Å². The van der Waals surface area contributed by atoms with Crippen LogP contribution in [-0.4, -0.2) is 15.9 Å². The summed E-state index contributed by atoms with van der Waals surface area (Å²) in [6.45, 7) is 0. The van der Waals surface area contributed by atoms with Crippen molar-refractivity contribution in [2.24, 2.45) is 0 Å². The average Bonchev–Trinajstić information content (AvgIpc) is 2.47. The fourth-order valence-corrected chi connectivity index (χ4v) is 3.07. The zero-order valence-electron chi connectivity index (χ0n) is 10.9. The molecule has 2 aromatic rings. The number of nitrogens with zero attached hydrogens (tertiary/aromatic N) is 1. The van der Waals surface area contributed by atoms with E-state index in [4.69, 9.17) is 16.9 Å². The number of hydrogen-bond donors (Lipinski definition) is 1. The maximum Gasteiger partial charge on any atom is 0.237 e. The molecule has 21 heavy (non-hydrogen) atoms. The lowest BCUT2D eigenvalue weighted by molar-refractivity contribution is -0.113. The molecule has 1 N–H and O–H groups in total. The Morgan fingerprint density at radius 3 is 2.71 bits per heavy atom. The van der Waals surface area contributed by atoms with Gasteiger partial charge < -0.3 is 5.32 Å². The van der Waals surface area contributed by atoms with Crippen LogP contribution in [0.2, 0.25) is 5.02 Å². The van der Waals surface area contributed by atoms with Crippen molar-refractivity contribution in [1.29, 1.82) is 5.26 Å². The molecule has 0 radical (unpaired) electrons. The molecular weight excluding hydrogens is 308 g/mol. The van der Waals surface area contributed by atoms with E-state index < -0.39 is 16.7 Å². The molecule has 0 saturated carbocycles. The summed E-state index contributed by atoms with van der Waals surface area (Å²) in [6.07, 6.45) is 0.